The van der Waals surface area contributed by atoms with E-state index >= 15 is 0 Å². The topological polar surface area (TPSA) is 32.7 Å². The van der Waals surface area contributed by atoms with E-state index in [1.165, 1.54) is 96.3 Å². The number of hydrogen-bond donors (Lipinski definition) is 0. The standard InChI is InChI=1S/C31H62N2OS/c1-10-11-12-13-15-19-29(5)20-16-14-17-23-31(7)25-30(6,22-18-21-29)26-33(9)35(34,32-8)27(2)24-28(31,3)4/h27H,10-26H2,1-9H3. The van der Waals surface area contributed by atoms with Gasteiger partial charge in [0, 0.05) is 20.6 Å². The third kappa shape index (κ3) is 7.95. The van der Waals surface area contributed by atoms with Crippen LogP contribution in [-0.2, 0) is 9.92 Å². The minimum atomic E-state index is -2.38. The van der Waals surface area contributed by atoms with Crippen molar-refractivity contribution in [2.45, 2.75) is 156 Å². The molecule has 0 N–H and O–H groups in total. The molecule has 2 aliphatic rings. The molecule has 5 atom stereocenters. The molecule has 1 heterocycles. The van der Waals surface area contributed by atoms with Crippen LogP contribution < -0.4 is 0 Å². The van der Waals surface area contributed by atoms with Crippen LogP contribution in [0.4, 0.5) is 0 Å². The van der Waals surface area contributed by atoms with Crippen molar-refractivity contribution in [3.8, 4) is 0 Å². The van der Waals surface area contributed by atoms with E-state index in [0.29, 0.717) is 5.41 Å². The van der Waals surface area contributed by atoms with E-state index < -0.39 is 9.92 Å². The zero-order chi connectivity index (χ0) is 26.4. The Morgan fingerprint density at radius 3 is 2.17 bits per heavy atom. The van der Waals surface area contributed by atoms with E-state index in [2.05, 4.69) is 64.2 Å². The molecule has 1 aliphatic carbocycles. The van der Waals surface area contributed by atoms with E-state index in [1.54, 1.807) is 7.05 Å². The van der Waals surface area contributed by atoms with Crippen molar-refractivity contribution in [2.24, 2.45) is 26.0 Å². The van der Waals surface area contributed by atoms with Gasteiger partial charge in [-0.3, -0.25) is 0 Å². The summed E-state index contributed by atoms with van der Waals surface area (Å²) in [6.45, 7) is 18.0. The Morgan fingerprint density at radius 1 is 0.886 bits per heavy atom. The van der Waals surface area contributed by atoms with Crippen LogP contribution in [0, 0.1) is 21.7 Å². The Hall–Kier alpha value is -0.0900. The van der Waals surface area contributed by atoms with Crippen LogP contribution in [0.1, 0.15) is 151 Å². The molecule has 0 aromatic heterocycles. The van der Waals surface area contributed by atoms with Gasteiger partial charge in [-0.05, 0) is 73.5 Å². The number of rotatable bonds is 6. The highest BCUT2D eigenvalue weighted by molar-refractivity contribution is 7.91. The van der Waals surface area contributed by atoms with Gasteiger partial charge < -0.3 is 0 Å². The monoisotopic (exact) mass is 510 g/mol. The molecule has 208 valence electrons. The summed E-state index contributed by atoms with van der Waals surface area (Å²) in [7, 11) is 1.49. The number of nitrogens with zero attached hydrogens (tertiary/aromatic N) is 2. The van der Waals surface area contributed by atoms with Crippen LogP contribution in [0.15, 0.2) is 4.36 Å². The van der Waals surface area contributed by atoms with Crippen molar-refractivity contribution >= 4 is 9.92 Å². The molecule has 2 bridgehead atoms. The van der Waals surface area contributed by atoms with Crippen molar-refractivity contribution in [3.05, 3.63) is 0 Å². The zero-order valence-electron chi connectivity index (χ0n) is 25.3. The summed E-state index contributed by atoms with van der Waals surface area (Å²) in [4.78, 5) is 0. The molecular weight excluding hydrogens is 448 g/mol. The summed E-state index contributed by atoms with van der Waals surface area (Å²) in [5.41, 5.74) is 1.06. The third-order valence-electron chi connectivity index (χ3n) is 10.5. The van der Waals surface area contributed by atoms with Crippen molar-refractivity contribution in [1.82, 2.24) is 4.31 Å². The van der Waals surface area contributed by atoms with Gasteiger partial charge in [0.1, 0.15) is 9.92 Å². The molecule has 0 amide bonds. The maximum atomic E-state index is 14.2. The first kappa shape index (κ1) is 31.1. The first-order valence-corrected chi connectivity index (χ1v) is 16.6. The fraction of sp³-hybridized carbons (Fsp3) is 1.00. The summed E-state index contributed by atoms with van der Waals surface area (Å²) in [6.07, 6.45) is 21.2. The molecule has 1 saturated heterocycles. The number of fused-ring (bicyclic) bond motifs is 2. The van der Waals surface area contributed by atoms with Gasteiger partial charge in [0.15, 0.2) is 0 Å². The molecular formula is C31H62N2OS. The van der Waals surface area contributed by atoms with E-state index in [4.69, 9.17) is 0 Å². The Bertz CT molecular complexity index is 770. The predicted octanol–water partition coefficient (Wildman–Crippen LogP) is 9.65. The third-order valence-corrected chi connectivity index (χ3v) is 13.3. The summed E-state index contributed by atoms with van der Waals surface area (Å²) in [5.74, 6) is 0. The molecule has 35 heavy (non-hydrogen) atoms. The maximum Gasteiger partial charge on any atom is 0.112 e. The molecule has 1 aliphatic heterocycles. The molecule has 3 nitrogen and oxygen atoms in total. The first-order chi connectivity index (χ1) is 16.2. The summed E-state index contributed by atoms with van der Waals surface area (Å²) >= 11 is 0. The highest BCUT2D eigenvalue weighted by atomic mass is 32.2. The Labute approximate surface area is 221 Å². The molecule has 1 saturated carbocycles. The molecule has 0 aromatic rings. The second kappa shape index (κ2) is 12.6. The maximum absolute atomic E-state index is 14.2. The van der Waals surface area contributed by atoms with Gasteiger partial charge in [0.05, 0.1) is 5.25 Å². The second-order valence-corrected chi connectivity index (χ2v) is 17.2. The summed E-state index contributed by atoms with van der Waals surface area (Å²) in [5, 5.41) is 0.0841. The van der Waals surface area contributed by atoms with E-state index in [9.17, 15) is 4.21 Å². The molecule has 0 radical (unpaired) electrons. The van der Waals surface area contributed by atoms with Gasteiger partial charge in [0.25, 0.3) is 0 Å². The van der Waals surface area contributed by atoms with E-state index in [0.717, 1.165) is 13.0 Å². The average Bonchev–Trinajstić information content (AvgIpc) is 2.77. The average molecular weight is 511 g/mol. The molecule has 0 spiro atoms. The highest BCUT2D eigenvalue weighted by Crippen LogP contribution is 2.56. The van der Waals surface area contributed by atoms with E-state index in [-0.39, 0.29) is 21.5 Å². The fourth-order valence-electron chi connectivity index (χ4n) is 7.88. The Balaban J connectivity index is 2.31. The van der Waals surface area contributed by atoms with Crippen molar-refractivity contribution in [3.63, 3.8) is 0 Å². The van der Waals surface area contributed by atoms with Crippen molar-refractivity contribution < 1.29 is 4.21 Å². The normalized spacial score (nSPS) is 40.0. The van der Waals surface area contributed by atoms with E-state index in [1.807, 2.05) is 0 Å². The minimum absolute atomic E-state index is 0.0841. The molecule has 0 aromatic carbocycles. The van der Waals surface area contributed by atoms with Crippen LogP contribution in [-0.4, -0.2) is 34.4 Å². The van der Waals surface area contributed by atoms with Crippen LogP contribution in [0.5, 0.6) is 0 Å². The van der Waals surface area contributed by atoms with Gasteiger partial charge in [0.2, 0.25) is 0 Å². The summed E-state index contributed by atoms with van der Waals surface area (Å²) in [6, 6.07) is 0. The van der Waals surface area contributed by atoms with Crippen molar-refractivity contribution in [1.29, 1.82) is 0 Å². The van der Waals surface area contributed by atoms with Crippen molar-refractivity contribution in [2.75, 3.05) is 20.6 Å². The van der Waals surface area contributed by atoms with Gasteiger partial charge >= 0.3 is 0 Å². The smallest absolute Gasteiger partial charge is 0.112 e. The van der Waals surface area contributed by atoms with Gasteiger partial charge in [-0.25, -0.2) is 12.9 Å². The minimum Gasteiger partial charge on any atom is -0.233 e. The summed E-state index contributed by atoms with van der Waals surface area (Å²) < 4.78 is 20.9. The molecule has 5 unspecified atom stereocenters. The first-order valence-electron chi connectivity index (χ1n) is 15.1. The van der Waals surface area contributed by atoms with Gasteiger partial charge in [-0.15, -0.1) is 0 Å². The van der Waals surface area contributed by atoms with Crippen LogP contribution in [0.2, 0.25) is 0 Å². The van der Waals surface area contributed by atoms with Crippen LogP contribution >= 0.6 is 0 Å². The second-order valence-electron chi connectivity index (χ2n) is 14.3. The van der Waals surface area contributed by atoms with Gasteiger partial charge in [-0.2, -0.15) is 0 Å². The highest BCUT2D eigenvalue weighted by Gasteiger charge is 2.49. The largest absolute Gasteiger partial charge is 0.233 e. The molecule has 2 fully saturated rings. The SMILES string of the molecule is CCCCCCCC1(C)CCCCCC2(C)CC(C)(CCC1)CN(C)S(=O)(=NC)C(C)CC2(C)C. The van der Waals surface area contributed by atoms with Crippen LogP contribution in [0.25, 0.3) is 0 Å². The lowest BCUT2D eigenvalue weighted by Gasteiger charge is -2.50. The fourth-order valence-corrected chi connectivity index (χ4v) is 10.3. The quantitative estimate of drug-likeness (QED) is 0.327. The Morgan fingerprint density at radius 2 is 1.51 bits per heavy atom. The zero-order valence-corrected chi connectivity index (χ0v) is 26.1. The number of unbranched alkanes of at least 4 members (excludes halogenated alkanes) is 4. The molecule has 4 heteroatoms. The predicted molar refractivity (Wildman–Crippen MR) is 156 cm³/mol. The molecule has 2 rings (SSSR count). The number of hydrogen-bond acceptors (Lipinski definition) is 2. The lowest BCUT2D eigenvalue weighted by atomic mass is 9.55. The van der Waals surface area contributed by atoms with Gasteiger partial charge in [-0.1, -0.05) is 99.3 Å². The van der Waals surface area contributed by atoms with Crippen LogP contribution in [0.3, 0.4) is 0 Å². The Kier molecular flexibility index (Phi) is 11.2. The lowest BCUT2D eigenvalue weighted by molar-refractivity contribution is 0.00468. The lowest BCUT2D eigenvalue weighted by Crippen LogP contribution is -2.42.